The van der Waals surface area contributed by atoms with E-state index in [1.54, 1.807) is 36.2 Å². The molecule has 8 heteroatoms. The number of hydrogen-bond acceptors (Lipinski definition) is 4. The molecule has 3 aromatic heterocycles. The summed E-state index contributed by atoms with van der Waals surface area (Å²) >= 11 is 1.76. The summed E-state index contributed by atoms with van der Waals surface area (Å²) in [5.41, 5.74) is 4.04. The van der Waals surface area contributed by atoms with Crippen molar-refractivity contribution in [3.63, 3.8) is 0 Å². The number of aryl methyl sites for hydroxylation is 1. The van der Waals surface area contributed by atoms with Crippen LogP contribution in [0.15, 0.2) is 36.9 Å². The van der Waals surface area contributed by atoms with Gasteiger partial charge in [-0.05, 0) is 19.1 Å². The number of urea groups is 1. The van der Waals surface area contributed by atoms with Gasteiger partial charge in [0.05, 0.1) is 30.5 Å². The van der Waals surface area contributed by atoms with E-state index in [1.165, 1.54) is 0 Å². The van der Waals surface area contributed by atoms with Crippen LogP contribution in [-0.2, 0) is 12.3 Å². The quantitative estimate of drug-likeness (QED) is 0.636. The number of rotatable bonds is 7. The minimum atomic E-state index is -0.0811. The Morgan fingerprint density at radius 1 is 1.40 bits per heavy atom. The number of hydrogen-bond donors (Lipinski definition) is 2. The number of nitrogens with zero attached hydrogens (tertiary/aromatic N) is 4. The minimum absolute atomic E-state index is 0.0811. The zero-order valence-corrected chi connectivity index (χ0v) is 15.2. The fraction of sp³-hybridized carbons (Fsp3) is 0.353. The Morgan fingerprint density at radius 2 is 2.28 bits per heavy atom. The summed E-state index contributed by atoms with van der Waals surface area (Å²) in [4.78, 5) is 25.5. The monoisotopic (exact) mass is 358 g/mol. The minimum Gasteiger partial charge on any atom is -0.348 e. The van der Waals surface area contributed by atoms with Gasteiger partial charge < -0.3 is 19.6 Å². The molecular formula is C17H22N6OS. The SMILES string of the molecule is Cc1[nH]cnc1CSCCNC(=O)N(C)Cc1cnc2ccccn12. The molecule has 3 heterocycles. The van der Waals surface area contributed by atoms with Gasteiger partial charge >= 0.3 is 6.03 Å². The summed E-state index contributed by atoms with van der Waals surface area (Å²) in [5, 5.41) is 2.95. The van der Waals surface area contributed by atoms with E-state index in [0.717, 1.165) is 34.2 Å². The lowest BCUT2D eigenvalue weighted by Gasteiger charge is -2.17. The summed E-state index contributed by atoms with van der Waals surface area (Å²) in [7, 11) is 1.79. The van der Waals surface area contributed by atoms with E-state index in [2.05, 4.69) is 20.3 Å². The number of aromatic amines is 1. The largest absolute Gasteiger partial charge is 0.348 e. The molecule has 0 aliphatic heterocycles. The Kier molecular flexibility index (Phi) is 5.60. The maximum Gasteiger partial charge on any atom is 0.317 e. The molecule has 0 fully saturated rings. The third-order valence-corrected chi connectivity index (χ3v) is 4.91. The summed E-state index contributed by atoms with van der Waals surface area (Å²) in [5.74, 6) is 1.70. The van der Waals surface area contributed by atoms with Gasteiger partial charge in [0, 0.05) is 37.0 Å². The molecule has 7 nitrogen and oxygen atoms in total. The van der Waals surface area contributed by atoms with Gasteiger partial charge in [-0.2, -0.15) is 11.8 Å². The van der Waals surface area contributed by atoms with Crippen molar-refractivity contribution in [3.05, 3.63) is 54.0 Å². The van der Waals surface area contributed by atoms with E-state index in [9.17, 15) is 4.79 Å². The first kappa shape index (κ1) is 17.3. The molecule has 0 saturated heterocycles. The predicted octanol–water partition coefficient (Wildman–Crippen LogP) is 2.44. The number of thioether (sulfide) groups is 1. The lowest BCUT2D eigenvalue weighted by Crippen LogP contribution is -2.38. The van der Waals surface area contributed by atoms with Crippen molar-refractivity contribution in [1.82, 2.24) is 29.6 Å². The lowest BCUT2D eigenvalue weighted by atomic mass is 10.4. The standard InChI is InChI=1S/C17H22N6OS/c1-13-15(21-12-20-13)11-25-8-6-18-17(24)22(2)10-14-9-19-16-5-3-4-7-23(14)16/h3-5,7,9,12H,6,8,10-11H2,1-2H3,(H,18,24)(H,20,21). The van der Waals surface area contributed by atoms with E-state index in [-0.39, 0.29) is 6.03 Å². The molecular weight excluding hydrogens is 336 g/mol. The van der Waals surface area contributed by atoms with Crippen LogP contribution in [0.25, 0.3) is 5.65 Å². The van der Waals surface area contributed by atoms with E-state index in [4.69, 9.17) is 0 Å². The number of aromatic nitrogens is 4. The molecule has 0 atom stereocenters. The zero-order valence-electron chi connectivity index (χ0n) is 14.4. The van der Waals surface area contributed by atoms with E-state index < -0.39 is 0 Å². The van der Waals surface area contributed by atoms with Gasteiger partial charge in [0.25, 0.3) is 0 Å². The number of imidazole rings is 2. The summed E-state index contributed by atoms with van der Waals surface area (Å²) in [6, 6.07) is 5.77. The summed E-state index contributed by atoms with van der Waals surface area (Å²) in [6.45, 7) is 3.15. The van der Waals surface area contributed by atoms with Gasteiger partial charge in [-0.15, -0.1) is 0 Å². The molecule has 0 aliphatic rings. The van der Waals surface area contributed by atoms with Crippen molar-refractivity contribution in [2.75, 3.05) is 19.3 Å². The predicted molar refractivity (Wildman–Crippen MR) is 99.5 cm³/mol. The second kappa shape index (κ2) is 8.06. The smallest absolute Gasteiger partial charge is 0.317 e. The number of nitrogens with one attached hydrogen (secondary N) is 2. The first-order valence-corrected chi connectivity index (χ1v) is 9.27. The van der Waals surface area contributed by atoms with Crippen molar-refractivity contribution in [3.8, 4) is 0 Å². The topological polar surface area (TPSA) is 78.3 Å². The maximum atomic E-state index is 12.2. The number of fused-ring (bicyclic) bond motifs is 1. The fourth-order valence-corrected chi connectivity index (χ4v) is 3.36. The Bertz CT molecular complexity index is 842. The molecule has 0 saturated carbocycles. The number of amides is 2. The van der Waals surface area contributed by atoms with E-state index in [1.807, 2.05) is 35.7 Å². The number of carbonyl (C=O) groups excluding carboxylic acids is 1. The first-order chi connectivity index (χ1) is 12.1. The Labute approximate surface area is 150 Å². The fourth-order valence-electron chi connectivity index (χ4n) is 2.48. The van der Waals surface area contributed by atoms with Crippen LogP contribution in [0.3, 0.4) is 0 Å². The van der Waals surface area contributed by atoms with E-state index >= 15 is 0 Å². The normalized spacial score (nSPS) is 11.0. The lowest BCUT2D eigenvalue weighted by molar-refractivity contribution is 0.207. The van der Waals surface area contributed by atoms with Crippen LogP contribution in [-0.4, -0.2) is 49.6 Å². The van der Waals surface area contributed by atoms with Crippen LogP contribution in [0.5, 0.6) is 0 Å². The van der Waals surface area contributed by atoms with Crippen LogP contribution < -0.4 is 5.32 Å². The molecule has 0 bridgehead atoms. The number of pyridine rings is 1. The average Bonchev–Trinajstić information content (AvgIpc) is 3.21. The van der Waals surface area contributed by atoms with Gasteiger partial charge in [0.1, 0.15) is 5.65 Å². The van der Waals surface area contributed by atoms with Gasteiger partial charge in [0.2, 0.25) is 0 Å². The molecule has 0 unspecified atom stereocenters. The second-order valence-corrected chi connectivity index (χ2v) is 6.90. The van der Waals surface area contributed by atoms with Crippen molar-refractivity contribution >= 4 is 23.4 Å². The number of H-pyrrole nitrogens is 1. The van der Waals surface area contributed by atoms with Crippen LogP contribution in [0.4, 0.5) is 4.79 Å². The zero-order chi connectivity index (χ0) is 17.6. The maximum absolute atomic E-state index is 12.2. The van der Waals surface area contributed by atoms with Gasteiger partial charge in [0.15, 0.2) is 0 Å². The summed E-state index contributed by atoms with van der Waals surface area (Å²) in [6.07, 6.45) is 5.47. The van der Waals surface area contributed by atoms with Crippen molar-refractivity contribution in [2.24, 2.45) is 0 Å². The molecule has 0 aliphatic carbocycles. The van der Waals surface area contributed by atoms with Gasteiger partial charge in [-0.3, -0.25) is 0 Å². The van der Waals surface area contributed by atoms with Crippen LogP contribution in [0.2, 0.25) is 0 Å². The van der Waals surface area contributed by atoms with Crippen LogP contribution in [0, 0.1) is 6.92 Å². The Balaban J connectivity index is 1.41. The molecule has 132 valence electrons. The molecule has 25 heavy (non-hydrogen) atoms. The molecule has 2 N–H and O–H groups in total. The molecule has 3 aromatic rings. The second-order valence-electron chi connectivity index (χ2n) is 5.79. The molecule has 3 rings (SSSR count). The highest BCUT2D eigenvalue weighted by atomic mass is 32.2. The van der Waals surface area contributed by atoms with Gasteiger partial charge in [-0.1, -0.05) is 6.07 Å². The van der Waals surface area contributed by atoms with Crippen LogP contribution in [0.1, 0.15) is 17.1 Å². The Morgan fingerprint density at radius 3 is 3.08 bits per heavy atom. The third kappa shape index (κ3) is 4.33. The van der Waals surface area contributed by atoms with E-state index in [0.29, 0.717) is 13.1 Å². The average molecular weight is 358 g/mol. The highest BCUT2D eigenvalue weighted by molar-refractivity contribution is 7.98. The van der Waals surface area contributed by atoms with Crippen molar-refractivity contribution in [1.29, 1.82) is 0 Å². The Hall–Kier alpha value is -2.48. The third-order valence-electron chi connectivity index (χ3n) is 3.94. The molecule has 0 aromatic carbocycles. The van der Waals surface area contributed by atoms with Crippen LogP contribution >= 0.6 is 11.8 Å². The van der Waals surface area contributed by atoms with Crippen molar-refractivity contribution < 1.29 is 4.79 Å². The molecule has 0 radical (unpaired) electrons. The highest BCUT2D eigenvalue weighted by Gasteiger charge is 2.11. The first-order valence-electron chi connectivity index (χ1n) is 8.11. The highest BCUT2D eigenvalue weighted by Crippen LogP contribution is 2.12. The van der Waals surface area contributed by atoms with Gasteiger partial charge in [-0.25, -0.2) is 14.8 Å². The summed E-state index contributed by atoms with van der Waals surface area (Å²) < 4.78 is 1.99. The van der Waals surface area contributed by atoms with Crippen molar-refractivity contribution in [2.45, 2.75) is 19.2 Å². The number of carbonyl (C=O) groups is 1. The molecule has 2 amide bonds. The molecule has 0 spiro atoms.